The second-order valence-electron chi connectivity index (χ2n) is 11.6. The van der Waals surface area contributed by atoms with Crippen LogP contribution in [0.3, 0.4) is 0 Å². The van der Waals surface area contributed by atoms with Gasteiger partial charge in [-0.15, -0.1) is 0 Å². The van der Waals surface area contributed by atoms with E-state index in [1.54, 1.807) is 24.5 Å². The van der Waals surface area contributed by atoms with Crippen LogP contribution in [0.2, 0.25) is 0 Å². The number of pyridine rings is 1. The zero-order valence-corrected chi connectivity index (χ0v) is 25.6. The highest BCUT2D eigenvalue weighted by Gasteiger charge is 2.25. The number of likely N-dealkylation sites (tertiary alicyclic amines) is 1. The van der Waals surface area contributed by atoms with Crippen LogP contribution in [0.1, 0.15) is 40.5 Å². The van der Waals surface area contributed by atoms with E-state index in [1.807, 2.05) is 66.0 Å². The lowest BCUT2D eigenvalue weighted by Crippen LogP contribution is -2.30. The van der Waals surface area contributed by atoms with Crippen LogP contribution in [0.4, 0.5) is 11.5 Å². The third-order valence-electron chi connectivity index (χ3n) is 8.71. The molecular weight excluding hydrogens is 578 g/mol. The zero-order chi connectivity index (χ0) is 31.8. The Labute approximate surface area is 265 Å². The van der Waals surface area contributed by atoms with Crippen molar-refractivity contribution in [2.75, 3.05) is 31.2 Å². The Morgan fingerprint density at radius 2 is 1.63 bits per heavy atom. The number of carbonyl (C=O) groups is 1. The molecule has 1 fully saturated rings. The van der Waals surface area contributed by atoms with Crippen LogP contribution in [0, 0.1) is 6.92 Å². The molecule has 1 aliphatic rings. The monoisotopic (exact) mass is 611 g/mol. The first-order chi connectivity index (χ1) is 22.4. The molecule has 6 aromatic rings. The summed E-state index contributed by atoms with van der Waals surface area (Å²) in [6, 6.07) is 22.2. The first kappa shape index (κ1) is 29.1. The summed E-state index contributed by atoms with van der Waals surface area (Å²) in [5.74, 6) is 0.668. The van der Waals surface area contributed by atoms with Gasteiger partial charge in [0.1, 0.15) is 17.4 Å². The molecule has 0 spiro atoms. The van der Waals surface area contributed by atoms with Crippen molar-refractivity contribution in [3.63, 3.8) is 0 Å². The number of hydrogen-bond donors (Lipinski definition) is 2. The molecule has 0 aliphatic carbocycles. The molecule has 11 nitrogen and oxygen atoms in total. The second-order valence-corrected chi connectivity index (χ2v) is 11.6. The maximum atomic E-state index is 13.8. The summed E-state index contributed by atoms with van der Waals surface area (Å²) in [7, 11) is 2.15. The highest BCUT2D eigenvalue weighted by Crippen LogP contribution is 2.36. The number of nitrogens with zero attached hydrogens (tertiary/aromatic N) is 7. The smallest absolute Gasteiger partial charge is 0.268 e. The van der Waals surface area contributed by atoms with Gasteiger partial charge in [-0.3, -0.25) is 14.2 Å². The number of hydrogen-bond acceptors (Lipinski definition) is 8. The third kappa shape index (κ3) is 5.30. The van der Waals surface area contributed by atoms with Crippen LogP contribution in [0.25, 0.3) is 33.7 Å². The number of amides is 1. The van der Waals surface area contributed by atoms with Gasteiger partial charge in [0.25, 0.3) is 11.5 Å². The fourth-order valence-electron chi connectivity index (χ4n) is 6.26. The van der Waals surface area contributed by atoms with Gasteiger partial charge in [0, 0.05) is 52.2 Å². The van der Waals surface area contributed by atoms with Crippen LogP contribution in [0.15, 0.2) is 96.3 Å². The van der Waals surface area contributed by atoms with Gasteiger partial charge < -0.3 is 16.0 Å². The Hall–Kier alpha value is -5.68. The molecule has 0 unspecified atom stereocenters. The van der Waals surface area contributed by atoms with E-state index < -0.39 is 11.5 Å². The molecule has 46 heavy (non-hydrogen) atoms. The average molecular weight is 612 g/mol. The van der Waals surface area contributed by atoms with Gasteiger partial charge >= 0.3 is 0 Å². The topological polar surface area (TPSA) is 136 Å². The number of nitrogens with one attached hydrogen (secondary N) is 1. The maximum absolute atomic E-state index is 13.8. The van der Waals surface area contributed by atoms with Gasteiger partial charge in [0.2, 0.25) is 0 Å². The Morgan fingerprint density at radius 1 is 0.913 bits per heavy atom. The molecule has 0 atom stereocenters. The summed E-state index contributed by atoms with van der Waals surface area (Å²) in [6.07, 6.45) is 6.84. The molecule has 1 amide bonds. The highest BCUT2D eigenvalue weighted by atomic mass is 16.2. The van der Waals surface area contributed by atoms with Crippen LogP contribution in [-0.2, 0) is 0 Å². The molecule has 1 aliphatic heterocycles. The Balaban J connectivity index is 1.22. The number of para-hydroxylation sites is 1. The number of rotatable bonds is 6. The standard InChI is InChI=1S/C35H33N9O2/c1-22-27(33-37-15-6-16-38-33)19-29(35(46)43(22)26-7-4-3-5-8-26)34(45)41-25-11-9-23(10-12-25)28-20-30(24-13-17-42(2)18-14-24)44-31(28)32(36)39-21-40-44/h3-12,15-16,19-21,24H,13-14,17-18H2,1-2H3,(H,41,45)(H2,36,39,40). The molecule has 0 radical (unpaired) electrons. The van der Waals surface area contributed by atoms with E-state index in [9.17, 15) is 9.59 Å². The van der Waals surface area contributed by atoms with Gasteiger partial charge in [-0.05, 0) is 87.9 Å². The Kier molecular flexibility index (Phi) is 7.59. The van der Waals surface area contributed by atoms with Crippen molar-refractivity contribution in [2.45, 2.75) is 25.7 Å². The van der Waals surface area contributed by atoms with Crippen LogP contribution < -0.4 is 16.6 Å². The summed E-state index contributed by atoms with van der Waals surface area (Å²) in [4.78, 5) is 42.8. The number of benzene rings is 2. The molecule has 4 aromatic heterocycles. The molecule has 7 rings (SSSR count). The fraction of sp³-hybridized carbons (Fsp3) is 0.200. The van der Waals surface area contributed by atoms with Crippen molar-refractivity contribution < 1.29 is 4.79 Å². The van der Waals surface area contributed by atoms with Crippen molar-refractivity contribution in [2.24, 2.45) is 0 Å². The molecule has 0 bridgehead atoms. The number of fused-ring (bicyclic) bond motifs is 1. The molecule has 11 heteroatoms. The van der Waals surface area contributed by atoms with E-state index in [2.05, 4.69) is 43.4 Å². The number of carbonyl (C=O) groups excluding carboxylic acids is 1. The number of aromatic nitrogens is 6. The third-order valence-corrected chi connectivity index (χ3v) is 8.71. The molecular formula is C35H33N9O2. The van der Waals surface area contributed by atoms with Gasteiger partial charge in [-0.25, -0.2) is 19.5 Å². The van der Waals surface area contributed by atoms with Crippen molar-refractivity contribution in [1.29, 1.82) is 0 Å². The van der Waals surface area contributed by atoms with Crippen LogP contribution in [0.5, 0.6) is 0 Å². The zero-order valence-electron chi connectivity index (χ0n) is 25.6. The molecule has 2 aromatic carbocycles. The fourth-order valence-corrected chi connectivity index (χ4v) is 6.26. The van der Waals surface area contributed by atoms with Crippen LogP contribution >= 0.6 is 0 Å². The minimum Gasteiger partial charge on any atom is -0.382 e. The molecule has 230 valence electrons. The van der Waals surface area contributed by atoms with Gasteiger partial charge in [-0.2, -0.15) is 5.10 Å². The van der Waals surface area contributed by atoms with Crippen LogP contribution in [-0.4, -0.2) is 60.1 Å². The predicted molar refractivity (Wildman–Crippen MR) is 178 cm³/mol. The van der Waals surface area contributed by atoms with E-state index in [4.69, 9.17) is 5.73 Å². The SMILES string of the molecule is Cc1c(-c2ncccn2)cc(C(=O)Nc2ccc(-c3cc(C4CCN(C)CC4)n4ncnc(N)c34)cc2)c(=O)n1-c1ccccc1. The quantitative estimate of drug-likeness (QED) is 0.270. The number of nitrogen functional groups attached to an aromatic ring is 1. The molecule has 0 saturated carbocycles. The molecule has 1 saturated heterocycles. The Bertz CT molecular complexity index is 2100. The average Bonchev–Trinajstić information content (AvgIpc) is 3.47. The largest absolute Gasteiger partial charge is 0.382 e. The maximum Gasteiger partial charge on any atom is 0.268 e. The second kappa shape index (κ2) is 12.0. The van der Waals surface area contributed by atoms with E-state index >= 15 is 0 Å². The number of piperidine rings is 1. The highest BCUT2D eigenvalue weighted by molar-refractivity contribution is 6.05. The molecule has 5 heterocycles. The van der Waals surface area contributed by atoms with Crippen molar-refractivity contribution in [3.8, 4) is 28.2 Å². The Morgan fingerprint density at radius 3 is 2.35 bits per heavy atom. The normalized spacial score (nSPS) is 14.0. The first-order valence-corrected chi connectivity index (χ1v) is 15.2. The minimum atomic E-state index is -0.531. The summed E-state index contributed by atoms with van der Waals surface area (Å²) in [6.45, 7) is 3.88. The summed E-state index contributed by atoms with van der Waals surface area (Å²) >= 11 is 0. The predicted octanol–water partition coefficient (Wildman–Crippen LogP) is 4.96. The van der Waals surface area contributed by atoms with E-state index in [0.717, 1.165) is 48.3 Å². The lowest BCUT2D eigenvalue weighted by Gasteiger charge is -2.28. The van der Waals surface area contributed by atoms with E-state index in [0.29, 0.717) is 40.2 Å². The summed E-state index contributed by atoms with van der Waals surface area (Å²) < 4.78 is 3.45. The summed E-state index contributed by atoms with van der Waals surface area (Å²) in [5.41, 5.74) is 12.1. The number of anilines is 2. The van der Waals surface area contributed by atoms with Crippen molar-refractivity contribution in [3.05, 3.63) is 119 Å². The summed E-state index contributed by atoms with van der Waals surface area (Å²) in [5, 5.41) is 7.47. The lowest BCUT2D eigenvalue weighted by molar-refractivity contribution is 0.102. The minimum absolute atomic E-state index is 0.0212. The lowest BCUT2D eigenvalue weighted by atomic mass is 9.93. The number of nitrogens with two attached hydrogens (primary N) is 1. The van der Waals surface area contributed by atoms with Crippen molar-refractivity contribution in [1.82, 2.24) is 34.0 Å². The van der Waals surface area contributed by atoms with Crippen molar-refractivity contribution >= 4 is 22.9 Å². The first-order valence-electron chi connectivity index (χ1n) is 15.2. The molecule has 3 N–H and O–H groups in total. The van der Waals surface area contributed by atoms with E-state index in [-0.39, 0.29) is 5.56 Å². The van der Waals surface area contributed by atoms with Gasteiger partial charge in [0.15, 0.2) is 11.6 Å². The van der Waals surface area contributed by atoms with E-state index in [1.165, 1.54) is 10.9 Å². The van der Waals surface area contributed by atoms with Gasteiger partial charge in [-0.1, -0.05) is 30.3 Å². The van der Waals surface area contributed by atoms with Gasteiger partial charge in [0.05, 0.1) is 0 Å².